The Morgan fingerprint density at radius 3 is 0.898 bits per heavy atom. The quantitative estimate of drug-likeness (QED) is 0.0376. The third-order valence-electron chi connectivity index (χ3n) is 9.77. The lowest BCUT2D eigenvalue weighted by Crippen LogP contribution is -2.59. The van der Waals surface area contributed by atoms with Crippen LogP contribution in [-0.4, -0.2) is 77.7 Å². The van der Waals surface area contributed by atoms with Crippen LogP contribution in [0.5, 0.6) is 0 Å². The molecular formula is C40H78N3O6+. The van der Waals surface area contributed by atoms with Crippen LogP contribution in [-0.2, 0) is 19.2 Å². The lowest BCUT2D eigenvalue weighted by Gasteiger charge is -2.36. The summed E-state index contributed by atoms with van der Waals surface area (Å²) in [6.07, 6.45) is 33.2. The summed E-state index contributed by atoms with van der Waals surface area (Å²) in [6, 6.07) is 0. The molecule has 0 aromatic heterocycles. The first-order chi connectivity index (χ1) is 23.7. The standard InChI is InChI=1S/C40H77N3O6/c1-3-5-7-9-11-13-15-16-17-18-20-22-24-26-28-30-38(45)42-32-34-43(35-39(46)47,36-40(48)49)33-31-41-37(44)29-27-25-23-21-19-14-12-10-8-6-4-2/h3-36H2,1-2H3,(H3-,41,42,44,45,46,47,48,49)/p+1. The van der Waals surface area contributed by atoms with E-state index in [-0.39, 0.29) is 55.6 Å². The van der Waals surface area contributed by atoms with Crippen molar-refractivity contribution >= 4 is 23.8 Å². The maximum absolute atomic E-state index is 12.5. The molecule has 4 N–H and O–H groups in total. The highest BCUT2D eigenvalue weighted by molar-refractivity contribution is 5.76. The Hall–Kier alpha value is -2.16. The van der Waals surface area contributed by atoms with Gasteiger partial charge in [-0.2, -0.15) is 0 Å². The molecule has 0 saturated heterocycles. The number of carbonyl (C=O) groups excluding carboxylic acids is 2. The van der Waals surface area contributed by atoms with Crippen LogP contribution in [0.15, 0.2) is 0 Å². The maximum Gasteiger partial charge on any atom is 0.359 e. The third-order valence-corrected chi connectivity index (χ3v) is 9.77. The average Bonchev–Trinajstić information content (AvgIpc) is 3.04. The fourth-order valence-corrected chi connectivity index (χ4v) is 6.71. The molecular weight excluding hydrogens is 618 g/mol. The van der Waals surface area contributed by atoms with E-state index in [0.29, 0.717) is 12.8 Å². The first-order valence-electron chi connectivity index (χ1n) is 20.6. The number of aliphatic carboxylic acids is 2. The van der Waals surface area contributed by atoms with Crippen molar-refractivity contribution in [2.75, 3.05) is 39.3 Å². The minimum atomic E-state index is -1.10. The van der Waals surface area contributed by atoms with Gasteiger partial charge in [-0.3, -0.25) is 9.59 Å². The zero-order chi connectivity index (χ0) is 36.3. The van der Waals surface area contributed by atoms with E-state index in [1.54, 1.807) is 0 Å². The van der Waals surface area contributed by atoms with Crippen molar-refractivity contribution < 1.29 is 33.9 Å². The molecule has 9 heteroatoms. The Labute approximate surface area is 300 Å². The fourth-order valence-electron chi connectivity index (χ4n) is 6.71. The first-order valence-corrected chi connectivity index (χ1v) is 20.6. The van der Waals surface area contributed by atoms with E-state index in [9.17, 15) is 29.4 Å². The highest BCUT2D eigenvalue weighted by Gasteiger charge is 2.33. The second-order valence-electron chi connectivity index (χ2n) is 14.6. The molecule has 0 aromatic carbocycles. The molecule has 2 amide bonds. The summed E-state index contributed by atoms with van der Waals surface area (Å²) in [4.78, 5) is 48.3. The van der Waals surface area contributed by atoms with Crippen molar-refractivity contribution in [3.63, 3.8) is 0 Å². The molecule has 288 valence electrons. The molecule has 0 aliphatic heterocycles. The van der Waals surface area contributed by atoms with E-state index in [4.69, 9.17) is 0 Å². The molecule has 0 radical (unpaired) electrons. The Kier molecular flexibility index (Phi) is 32.8. The van der Waals surface area contributed by atoms with Gasteiger partial charge >= 0.3 is 11.9 Å². The summed E-state index contributed by atoms with van der Waals surface area (Å²) in [5.74, 6) is -2.37. The molecule has 0 saturated carbocycles. The van der Waals surface area contributed by atoms with Gasteiger partial charge in [0.15, 0.2) is 13.1 Å². The highest BCUT2D eigenvalue weighted by atomic mass is 16.4. The summed E-state index contributed by atoms with van der Waals surface area (Å²) in [5, 5.41) is 24.9. The van der Waals surface area contributed by atoms with E-state index in [1.807, 2.05) is 0 Å². The number of carbonyl (C=O) groups is 4. The molecule has 0 unspecified atom stereocenters. The Morgan fingerprint density at radius 1 is 0.408 bits per heavy atom. The number of unbranched alkanes of at least 4 members (excludes halogenated alkanes) is 24. The van der Waals surface area contributed by atoms with E-state index < -0.39 is 11.9 Å². The molecule has 0 rings (SSSR count). The summed E-state index contributed by atoms with van der Waals surface area (Å²) < 4.78 is -0.234. The maximum atomic E-state index is 12.5. The van der Waals surface area contributed by atoms with Gasteiger partial charge in [0.05, 0.1) is 26.2 Å². The Morgan fingerprint density at radius 2 is 0.653 bits per heavy atom. The third kappa shape index (κ3) is 32.8. The summed E-state index contributed by atoms with van der Waals surface area (Å²) >= 11 is 0. The van der Waals surface area contributed by atoms with E-state index in [0.717, 1.165) is 38.5 Å². The number of rotatable bonds is 38. The topological polar surface area (TPSA) is 133 Å². The summed E-state index contributed by atoms with van der Waals surface area (Å²) in [6.45, 7) is 4.49. The lowest BCUT2D eigenvalue weighted by atomic mass is 10.0. The monoisotopic (exact) mass is 697 g/mol. The first kappa shape index (κ1) is 46.8. The lowest BCUT2D eigenvalue weighted by molar-refractivity contribution is -0.912. The van der Waals surface area contributed by atoms with Crippen molar-refractivity contribution in [2.45, 2.75) is 194 Å². The van der Waals surface area contributed by atoms with Crippen LogP contribution in [0.2, 0.25) is 0 Å². The molecule has 0 aromatic rings. The minimum Gasteiger partial charge on any atom is -0.477 e. The number of hydrogen-bond donors (Lipinski definition) is 4. The van der Waals surface area contributed by atoms with Crippen LogP contribution in [0.1, 0.15) is 194 Å². The SMILES string of the molecule is CCCCCCCCCCCCCCCCCC(=O)NCC[N+](CCNC(=O)CCCCCCCCCCCCC)(CC(=O)O)CC(=O)O. The van der Waals surface area contributed by atoms with E-state index in [1.165, 1.54) is 128 Å². The van der Waals surface area contributed by atoms with Gasteiger partial charge in [0, 0.05) is 12.8 Å². The molecule has 0 bridgehead atoms. The van der Waals surface area contributed by atoms with Gasteiger partial charge in [-0.05, 0) is 12.8 Å². The van der Waals surface area contributed by atoms with Gasteiger partial charge < -0.3 is 25.3 Å². The summed E-state index contributed by atoms with van der Waals surface area (Å²) in [5.41, 5.74) is 0. The van der Waals surface area contributed by atoms with Crippen molar-refractivity contribution in [1.29, 1.82) is 0 Å². The summed E-state index contributed by atoms with van der Waals surface area (Å²) in [7, 11) is 0. The zero-order valence-corrected chi connectivity index (χ0v) is 32.0. The number of quaternary nitrogens is 1. The van der Waals surface area contributed by atoms with Gasteiger partial charge in [0.2, 0.25) is 11.8 Å². The van der Waals surface area contributed by atoms with Crippen LogP contribution in [0.4, 0.5) is 0 Å². The van der Waals surface area contributed by atoms with E-state index >= 15 is 0 Å². The van der Waals surface area contributed by atoms with Crippen molar-refractivity contribution in [3.8, 4) is 0 Å². The van der Waals surface area contributed by atoms with Crippen LogP contribution in [0.25, 0.3) is 0 Å². The minimum absolute atomic E-state index is 0.0845. The second-order valence-corrected chi connectivity index (χ2v) is 14.6. The molecule has 9 nitrogen and oxygen atoms in total. The largest absolute Gasteiger partial charge is 0.477 e. The van der Waals surface area contributed by atoms with Crippen LogP contribution < -0.4 is 10.6 Å². The highest BCUT2D eigenvalue weighted by Crippen LogP contribution is 2.15. The molecule has 0 heterocycles. The number of carboxylic acids is 2. The Bertz CT molecular complexity index is 806. The van der Waals surface area contributed by atoms with Crippen molar-refractivity contribution in [2.24, 2.45) is 0 Å². The molecule has 0 aliphatic rings. The number of nitrogens with one attached hydrogen (secondary N) is 2. The molecule has 0 atom stereocenters. The van der Waals surface area contributed by atoms with Gasteiger partial charge in [-0.25, -0.2) is 9.59 Å². The normalized spacial score (nSPS) is 11.5. The van der Waals surface area contributed by atoms with Gasteiger partial charge in [-0.15, -0.1) is 0 Å². The Balaban J connectivity index is 4.17. The smallest absolute Gasteiger partial charge is 0.359 e. The molecule has 49 heavy (non-hydrogen) atoms. The van der Waals surface area contributed by atoms with Crippen LogP contribution in [0.3, 0.4) is 0 Å². The fraction of sp³-hybridized carbons (Fsp3) is 0.900. The van der Waals surface area contributed by atoms with Crippen molar-refractivity contribution in [1.82, 2.24) is 10.6 Å². The molecule has 0 fully saturated rings. The predicted octanol–water partition coefficient (Wildman–Crippen LogP) is 9.17. The van der Waals surface area contributed by atoms with Crippen molar-refractivity contribution in [3.05, 3.63) is 0 Å². The zero-order valence-electron chi connectivity index (χ0n) is 32.0. The van der Waals surface area contributed by atoms with E-state index in [2.05, 4.69) is 24.5 Å². The number of amides is 2. The van der Waals surface area contributed by atoms with Crippen LogP contribution in [0, 0.1) is 0 Å². The predicted molar refractivity (Wildman–Crippen MR) is 202 cm³/mol. The number of carboxylic acid groups (broad SMARTS) is 2. The second kappa shape index (κ2) is 34.3. The number of hydrogen-bond acceptors (Lipinski definition) is 4. The van der Waals surface area contributed by atoms with Gasteiger partial charge in [0.25, 0.3) is 0 Å². The molecule has 0 spiro atoms. The average molecular weight is 697 g/mol. The van der Waals surface area contributed by atoms with Gasteiger partial charge in [0.1, 0.15) is 0 Å². The number of nitrogens with zero attached hydrogens (tertiary/aromatic N) is 1. The molecule has 0 aliphatic carbocycles. The van der Waals surface area contributed by atoms with Gasteiger partial charge in [-0.1, -0.05) is 168 Å². The van der Waals surface area contributed by atoms with Crippen LogP contribution >= 0.6 is 0 Å².